The van der Waals surface area contributed by atoms with Gasteiger partial charge in [0.2, 0.25) is 10.0 Å². The summed E-state index contributed by atoms with van der Waals surface area (Å²) in [5.41, 5.74) is 0. The Kier molecular flexibility index (Phi) is 4.99. The van der Waals surface area contributed by atoms with Gasteiger partial charge in [-0.25, -0.2) is 13.1 Å². The minimum Gasteiger partial charge on any atom is -0.375 e. The minimum absolute atomic E-state index is 0.174. The number of rotatable bonds is 6. The standard InChI is InChI=1S/C11H12ClNO3S3/c1-16-8(9-4-5-10(12)18-9)7-13-19(14,15)11-3-2-6-17-11/h2-6,8,13H,7H2,1H3. The molecule has 1 atom stereocenters. The van der Waals surface area contributed by atoms with E-state index in [1.807, 2.05) is 6.07 Å². The van der Waals surface area contributed by atoms with Gasteiger partial charge in [-0.05, 0) is 23.6 Å². The van der Waals surface area contributed by atoms with E-state index < -0.39 is 10.0 Å². The molecule has 0 bridgehead atoms. The van der Waals surface area contributed by atoms with Crippen molar-refractivity contribution in [2.75, 3.05) is 13.7 Å². The molecule has 0 spiro atoms. The molecule has 0 amide bonds. The molecule has 2 heterocycles. The fraction of sp³-hybridized carbons (Fsp3) is 0.273. The molecule has 2 aromatic heterocycles. The Bertz CT molecular complexity index is 621. The molecular formula is C11H12ClNO3S3. The second-order valence-electron chi connectivity index (χ2n) is 3.65. The van der Waals surface area contributed by atoms with Crippen LogP contribution >= 0.6 is 34.3 Å². The predicted octanol–water partition coefficient (Wildman–Crippen LogP) is 3.13. The highest BCUT2D eigenvalue weighted by atomic mass is 35.5. The van der Waals surface area contributed by atoms with E-state index in [2.05, 4.69) is 4.72 Å². The molecular weight excluding hydrogens is 326 g/mol. The van der Waals surface area contributed by atoms with Crippen LogP contribution in [-0.2, 0) is 14.8 Å². The Morgan fingerprint density at radius 1 is 1.42 bits per heavy atom. The SMILES string of the molecule is COC(CNS(=O)(=O)c1cccs1)c1ccc(Cl)s1. The molecule has 0 aliphatic heterocycles. The Morgan fingerprint density at radius 2 is 2.21 bits per heavy atom. The quantitative estimate of drug-likeness (QED) is 0.881. The van der Waals surface area contributed by atoms with Gasteiger partial charge in [0, 0.05) is 18.5 Å². The van der Waals surface area contributed by atoms with Crippen molar-refractivity contribution in [1.82, 2.24) is 4.72 Å². The molecule has 8 heteroatoms. The highest BCUT2D eigenvalue weighted by molar-refractivity contribution is 7.91. The fourth-order valence-electron chi connectivity index (χ4n) is 1.47. The van der Waals surface area contributed by atoms with Gasteiger partial charge >= 0.3 is 0 Å². The molecule has 0 aliphatic rings. The first kappa shape index (κ1) is 15.0. The summed E-state index contributed by atoms with van der Waals surface area (Å²) < 4.78 is 32.7. The molecule has 19 heavy (non-hydrogen) atoms. The van der Waals surface area contributed by atoms with Gasteiger partial charge < -0.3 is 4.74 Å². The molecule has 0 fully saturated rings. The maximum Gasteiger partial charge on any atom is 0.250 e. The monoisotopic (exact) mass is 337 g/mol. The van der Waals surface area contributed by atoms with Crippen LogP contribution in [0.25, 0.3) is 0 Å². The Balaban J connectivity index is 2.05. The second-order valence-corrected chi connectivity index (χ2v) is 8.34. The number of thiophene rings is 2. The molecule has 0 saturated carbocycles. The summed E-state index contributed by atoms with van der Waals surface area (Å²) in [6.45, 7) is 0.174. The predicted molar refractivity (Wildman–Crippen MR) is 78.6 cm³/mol. The van der Waals surface area contributed by atoms with Crippen molar-refractivity contribution >= 4 is 44.3 Å². The average Bonchev–Trinajstić information content (AvgIpc) is 3.01. The van der Waals surface area contributed by atoms with E-state index in [1.54, 1.807) is 23.6 Å². The van der Waals surface area contributed by atoms with Crippen molar-refractivity contribution < 1.29 is 13.2 Å². The topological polar surface area (TPSA) is 55.4 Å². The van der Waals surface area contributed by atoms with Crippen LogP contribution in [0.5, 0.6) is 0 Å². The van der Waals surface area contributed by atoms with Crippen molar-refractivity contribution in [2.24, 2.45) is 0 Å². The maximum atomic E-state index is 12.0. The van der Waals surface area contributed by atoms with Crippen LogP contribution in [0.1, 0.15) is 11.0 Å². The van der Waals surface area contributed by atoms with Crippen LogP contribution < -0.4 is 4.72 Å². The summed E-state index contributed by atoms with van der Waals surface area (Å²) in [6.07, 6.45) is -0.341. The number of hydrogen-bond acceptors (Lipinski definition) is 5. The van der Waals surface area contributed by atoms with Crippen molar-refractivity contribution in [3.63, 3.8) is 0 Å². The zero-order valence-electron chi connectivity index (χ0n) is 10.00. The summed E-state index contributed by atoms with van der Waals surface area (Å²) in [5.74, 6) is 0. The van der Waals surface area contributed by atoms with Gasteiger partial charge in [0.1, 0.15) is 10.3 Å². The zero-order valence-corrected chi connectivity index (χ0v) is 13.2. The summed E-state index contributed by atoms with van der Waals surface area (Å²) in [4.78, 5) is 0.890. The first-order valence-electron chi connectivity index (χ1n) is 5.34. The van der Waals surface area contributed by atoms with E-state index in [-0.39, 0.29) is 12.6 Å². The number of sulfonamides is 1. The van der Waals surface area contributed by atoms with E-state index in [9.17, 15) is 8.42 Å². The summed E-state index contributed by atoms with van der Waals surface area (Å²) in [7, 11) is -1.92. The Hall–Kier alpha value is -0.440. The number of hydrogen-bond donors (Lipinski definition) is 1. The molecule has 104 valence electrons. The van der Waals surface area contributed by atoms with Crippen LogP contribution in [0.4, 0.5) is 0 Å². The third-order valence-corrected chi connectivity index (χ3v) is 6.56. The van der Waals surface area contributed by atoms with E-state index in [4.69, 9.17) is 16.3 Å². The molecule has 0 saturated heterocycles. The van der Waals surface area contributed by atoms with Crippen LogP contribution in [0.2, 0.25) is 4.34 Å². The summed E-state index contributed by atoms with van der Waals surface area (Å²) >= 11 is 8.41. The van der Waals surface area contributed by atoms with E-state index in [1.165, 1.54) is 29.8 Å². The van der Waals surface area contributed by atoms with Crippen LogP contribution in [0, 0.1) is 0 Å². The van der Waals surface area contributed by atoms with Gasteiger partial charge in [0.25, 0.3) is 0 Å². The van der Waals surface area contributed by atoms with Gasteiger partial charge in [-0.15, -0.1) is 22.7 Å². The van der Waals surface area contributed by atoms with E-state index >= 15 is 0 Å². The smallest absolute Gasteiger partial charge is 0.250 e. The normalized spacial score (nSPS) is 13.6. The van der Waals surface area contributed by atoms with E-state index in [0.717, 1.165) is 4.88 Å². The highest BCUT2D eigenvalue weighted by Crippen LogP contribution is 2.28. The molecule has 2 rings (SSSR count). The van der Waals surface area contributed by atoms with Crippen LogP contribution in [-0.4, -0.2) is 22.1 Å². The van der Waals surface area contributed by atoms with Crippen molar-refractivity contribution in [1.29, 1.82) is 0 Å². The van der Waals surface area contributed by atoms with Crippen LogP contribution in [0.15, 0.2) is 33.9 Å². The first-order chi connectivity index (χ1) is 9.03. The van der Waals surface area contributed by atoms with Crippen molar-refractivity contribution in [3.8, 4) is 0 Å². The molecule has 0 aliphatic carbocycles. The Labute approximate surface area is 125 Å². The first-order valence-corrected chi connectivity index (χ1v) is 8.90. The molecule has 4 nitrogen and oxygen atoms in total. The van der Waals surface area contributed by atoms with Crippen molar-refractivity contribution in [3.05, 3.63) is 38.9 Å². The summed E-state index contributed by atoms with van der Waals surface area (Å²) in [6, 6.07) is 6.87. The van der Waals surface area contributed by atoms with Crippen LogP contribution in [0.3, 0.4) is 0 Å². The highest BCUT2D eigenvalue weighted by Gasteiger charge is 2.19. The lowest BCUT2D eigenvalue weighted by Gasteiger charge is -2.14. The number of ether oxygens (including phenoxy) is 1. The molecule has 0 radical (unpaired) electrons. The van der Waals surface area contributed by atoms with Crippen molar-refractivity contribution in [2.45, 2.75) is 10.3 Å². The molecule has 1 N–H and O–H groups in total. The largest absolute Gasteiger partial charge is 0.375 e. The molecule has 1 unspecified atom stereocenters. The van der Waals surface area contributed by atoms with Gasteiger partial charge in [0.15, 0.2) is 0 Å². The second kappa shape index (κ2) is 6.34. The summed E-state index contributed by atoms with van der Waals surface area (Å²) in [5, 5.41) is 1.72. The maximum absolute atomic E-state index is 12.0. The molecule has 0 aromatic carbocycles. The lowest BCUT2D eigenvalue weighted by atomic mass is 10.3. The van der Waals surface area contributed by atoms with Gasteiger partial charge in [-0.2, -0.15) is 0 Å². The van der Waals surface area contributed by atoms with Gasteiger partial charge in [0.05, 0.1) is 4.34 Å². The molecule has 2 aromatic rings. The average molecular weight is 338 g/mol. The zero-order chi connectivity index (χ0) is 13.9. The number of halogens is 1. The fourth-order valence-corrected chi connectivity index (χ4v) is 4.68. The third-order valence-electron chi connectivity index (χ3n) is 2.41. The Morgan fingerprint density at radius 3 is 2.74 bits per heavy atom. The van der Waals surface area contributed by atoms with Gasteiger partial charge in [-0.3, -0.25) is 0 Å². The lowest BCUT2D eigenvalue weighted by molar-refractivity contribution is 0.110. The van der Waals surface area contributed by atoms with Gasteiger partial charge in [-0.1, -0.05) is 17.7 Å². The minimum atomic E-state index is -3.46. The number of methoxy groups -OCH3 is 1. The third kappa shape index (κ3) is 3.77. The lowest BCUT2D eigenvalue weighted by Crippen LogP contribution is -2.28. The number of nitrogens with one attached hydrogen (secondary N) is 1. The van der Waals surface area contributed by atoms with E-state index in [0.29, 0.717) is 8.55 Å².